The number of carbonyl (C=O) groups is 1. The highest BCUT2D eigenvalue weighted by atomic mass is 16.5. The molecule has 0 bridgehead atoms. The third-order valence-electron chi connectivity index (χ3n) is 4.59. The van der Waals surface area contributed by atoms with Crippen molar-refractivity contribution in [3.8, 4) is 0 Å². The van der Waals surface area contributed by atoms with Crippen molar-refractivity contribution >= 4 is 16.8 Å². The quantitative estimate of drug-likeness (QED) is 0.784. The monoisotopic (exact) mass is 330 g/mol. The number of rotatable bonds is 7. The number of aromatic nitrogens is 1. The van der Waals surface area contributed by atoms with Gasteiger partial charge < -0.3 is 18.9 Å². The van der Waals surface area contributed by atoms with Crippen LogP contribution in [0.1, 0.15) is 19.3 Å². The second-order valence-corrected chi connectivity index (χ2v) is 6.39. The van der Waals surface area contributed by atoms with Crippen LogP contribution in [-0.2, 0) is 20.8 Å². The van der Waals surface area contributed by atoms with Crippen molar-refractivity contribution in [3.63, 3.8) is 0 Å². The third-order valence-corrected chi connectivity index (χ3v) is 4.59. The Labute approximate surface area is 143 Å². The molecule has 1 amide bonds. The maximum atomic E-state index is 12.2. The Morgan fingerprint density at radius 3 is 3.04 bits per heavy atom. The van der Waals surface area contributed by atoms with Crippen LogP contribution in [0.2, 0.25) is 0 Å². The molecule has 0 N–H and O–H groups in total. The van der Waals surface area contributed by atoms with Gasteiger partial charge in [0.2, 0.25) is 5.91 Å². The number of amides is 1. The molecule has 5 heteroatoms. The van der Waals surface area contributed by atoms with Crippen molar-refractivity contribution in [3.05, 3.63) is 36.5 Å². The van der Waals surface area contributed by atoms with Crippen molar-refractivity contribution in [1.82, 2.24) is 9.47 Å². The molecular weight excluding hydrogens is 304 g/mol. The highest BCUT2D eigenvalue weighted by Gasteiger charge is 2.15. The summed E-state index contributed by atoms with van der Waals surface area (Å²) in [5, 5.41) is 1.22. The molecule has 1 aromatic heterocycles. The van der Waals surface area contributed by atoms with E-state index in [-0.39, 0.29) is 18.6 Å². The summed E-state index contributed by atoms with van der Waals surface area (Å²) in [6.07, 6.45) is 5.58. The molecule has 2 aromatic rings. The molecule has 0 saturated carbocycles. The molecule has 2 heterocycles. The van der Waals surface area contributed by atoms with Crippen molar-refractivity contribution < 1.29 is 14.3 Å². The van der Waals surface area contributed by atoms with Crippen LogP contribution in [0, 0.1) is 0 Å². The van der Waals surface area contributed by atoms with Gasteiger partial charge in [-0.3, -0.25) is 4.79 Å². The average molecular weight is 330 g/mol. The van der Waals surface area contributed by atoms with Gasteiger partial charge in [-0.15, -0.1) is 0 Å². The van der Waals surface area contributed by atoms with Gasteiger partial charge >= 0.3 is 0 Å². The van der Waals surface area contributed by atoms with Crippen molar-refractivity contribution in [2.75, 3.05) is 33.4 Å². The van der Waals surface area contributed by atoms with Gasteiger partial charge in [0, 0.05) is 38.5 Å². The maximum absolute atomic E-state index is 12.2. The summed E-state index contributed by atoms with van der Waals surface area (Å²) in [6, 6.07) is 10.4. The van der Waals surface area contributed by atoms with Crippen LogP contribution >= 0.6 is 0 Å². The number of fused-ring (bicyclic) bond motifs is 1. The fourth-order valence-electron chi connectivity index (χ4n) is 3.04. The van der Waals surface area contributed by atoms with Gasteiger partial charge in [-0.05, 0) is 36.8 Å². The van der Waals surface area contributed by atoms with E-state index >= 15 is 0 Å². The molecule has 1 fully saturated rings. The van der Waals surface area contributed by atoms with Gasteiger partial charge in [0.25, 0.3) is 0 Å². The van der Waals surface area contributed by atoms with E-state index in [0.717, 1.165) is 26.0 Å². The normalized spacial score (nSPS) is 18.0. The summed E-state index contributed by atoms with van der Waals surface area (Å²) < 4.78 is 13.3. The lowest BCUT2D eigenvalue weighted by molar-refractivity contribution is -0.137. The topological polar surface area (TPSA) is 43.7 Å². The van der Waals surface area contributed by atoms with Gasteiger partial charge in [0.1, 0.15) is 6.61 Å². The molecule has 1 aliphatic heterocycles. The molecule has 1 aromatic carbocycles. The predicted molar refractivity (Wildman–Crippen MR) is 94.0 cm³/mol. The first-order valence-electron chi connectivity index (χ1n) is 8.71. The zero-order valence-electron chi connectivity index (χ0n) is 14.3. The van der Waals surface area contributed by atoms with Crippen LogP contribution in [0.5, 0.6) is 0 Å². The Bertz CT molecular complexity index is 661. The molecule has 0 spiro atoms. The Morgan fingerprint density at radius 2 is 2.21 bits per heavy atom. The zero-order chi connectivity index (χ0) is 16.8. The second-order valence-electron chi connectivity index (χ2n) is 6.39. The van der Waals surface area contributed by atoms with Crippen LogP contribution in [0.15, 0.2) is 36.5 Å². The van der Waals surface area contributed by atoms with Crippen LogP contribution in [0.25, 0.3) is 10.9 Å². The molecule has 5 nitrogen and oxygen atoms in total. The van der Waals surface area contributed by atoms with E-state index in [0.29, 0.717) is 13.2 Å². The highest BCUT2D eigenvalue weighted by Crippen LogP contribution is 2.15. The van der Waals surface area contributed by atoms with Crippen LogP contribution < -0.4 is 0 Å². The fourth-order valence-corrected chi connectivity index (χ4v) is 3.04. The zero-order valence-corrected chi connectivity index (χ0v) is 14.3. The van der Waals surface area contributed by atoms with Crippen LogP contribution in [-0.4, -0.2) is 54.9 Å². The maximum Gasteiger partial charge on any atom is 0.248 e. The minimum atomic E-state index is 0.0160. The number of hydrogen-bond donors (Lipinski definition) is 0. The Morgan fingerprint density at radius 1 is 1.33 bits per heavy atom. The first-order valence-corrected chi connectivity index (χ1v) is 8.71. The molecule has 0 aliphatic carbocycles. The molecule has 0 radical (unpaired) electrons. The number of likely N-dealkylation sites (N-methyl/N-ethyl adjacent to an activating group) is 1. The number of benzene rings is 1. The minimum Gasteiger partial charge on any atom is -0.376 e. The SMILES string of the molecule is CN(CCn1ccc2ccccc21)C(=O)COCC1CCCCO1. The summed E-state index contributed by atoms with van der Waals surface area (Å²) in [7, 11) is 1.83. The molecule has 1 saturated heterocycles. The number of hydrogen-bond acceptors (Lipinski definition) is 3. The number of carbonyl (C=O) groups excluding carboxylic acids is 1. The van der Waals surface area contributed by atoms with Gasteiger partial charge in [0.05, 0.1) is 12.7 Å². The Hall–Kier alpha value is -1.85. The number of para-hydroxylation sites is 1. The third kappa shape index (κ3) is 4.36. The van der Waals surface area contributed by atoms with Crippen molar-refractivity contribution in [2.24, 2.45) is 0 Å². The van der Waals surface area contributed by atoms with Gasteiger partial charge in [-0.25, -0.2) is 0 Å². The smallest absolute Gasteiger partial charge is 0.248 e. The molecule has 1 atom stereocenters. The summed E-state index contributed by atoms with van der Waals surface area (Å²) in [5.74, 6) is 0.0160. The van der Waals surface area contributed by atoms with E-state index in [2.05, 4.69) is 29.0 Å². The van der Waals surface area contributed by atoms with E-state index in [1.807, 2.05) is 19.2 Å². The Kier molecular flexibility index (Phi) is 5.88. The molecule has 1 unspecified atom stereocenters. The average Bonchev–Trinajstić information content (AvgIpc) is 3.03. The summed E-state index contributed by atoms with van der Waals surface area (Å²) in [4.78, 5) is 13.9. The standard InChI is InChI=1S/C19H26N2O3/c1-20(19(22)15-23-14-17-7-4-5-13-24-17)11-12-21-10-9-16-6-2-3-8-18(16)21/h2-3,6,8-10,17H,4-5,7,11-15H2,1H3. The van der Waals surface area contributed by atoms with Crippen LogP contribution in [0.3, 0.4) is 0 Å². The van der Waals surface area contributed by atoms with E-state index < -0.39 is 0 Å². The lowest BCUT2D eigenvalue weighted by atomic mass is 10.1. The van der Waals surface area contributed by atoms with E-state index in [1.165, 1.54) is 17.3 Å². The molecule has 130 valence electrons. The minimum absolute atomic E-state index is 0.0160. The summed E-state index contributed by atoms with van der Waals surface area (Å²) in [5.41, 5.74) is 1.20. The van der Waals surface area contributed by atoms with Crippen LogP contribution in [0.4, 0.5) is 0 Å². The number of nitrogens with zero attached hydrogens (tertiary/aromatic N) is 2. The summed E-state index contributed by atoms with van der Waals surface area (Å²) >= 11 is 0. The van der Waals surface area contributed by atoms with Gasteiger partial charge in [0.15, 0.2) is 0 Å². The second kappa shape index (κ2) is 8.31. The Balaban J connectivity index is 1.41. The lowest BCUT2D eigenvalue weighted by Crippen LogP contribution is -2.34. The van der Waals surface area contributed by atoms with E-state index in [1.54, 1.807) is 4.90 Å². The lowest BCUT2D eigenvalue weighted by Gasteiger charge is -2.23. The molecule has 3 rings (SSSR count). The summed E-state index contributed by atoms with van der Waals surface area (Å²) in [6.45, 7) is 2.90. The first-order chi connectivity index (χ1) is 11.7. The van der Waals surface area contributed by atoms with E-state index in [9.17, 15) is 4.79 Å². The van der Waals surface area contributed by atoms with E-state index in [4.69, 9.17) is 9.47 Å². The first kappa shape index (κ1) is 17.0. The van der Waals surface area contributed by atoms with Crippen molar-refractivity contribution in [1.29, 1.82) is 0 Å². The van der Waals surface area contributed by atoms with Gasteiger partial charge in [-0.2, -0.15) is 0 Å². The molecule has 1 aliphatic rings. The highest BCUT2D eigenvalue weighted by molar-refractivity contribution is 5.80. The van der Waals surface area contributed by atoms with Gasteiger partial charge in [-0.1, -0.05) is 18.2 Å². The fraction of sp³-hybridized carbons (Fsp3) is 0.526. The number of ether oxygens (including phenoxy) is 2. The van der Waals surface area contributed by atoms with Crippen molar-refractivity contribution in [2.45, 2.75) is 31.9 Å². The molecular formula is C19H26N2O3. The predicted octanol–water partition coefficient (Wildman–Crippen LogP) is 2.69. The molecule has 24 heavy (non-hydrogen) atoms. The largest absolute Gasteiger partial charge is 0.376 e.